The second-order valence-corrected chi connectivity index (χ2v) is 3.07. The summed E-state index contributed by atoms with van der Waals surface area (Å²) in [6.07, 6.45) is 0. The van der Waals surface area contributed by atoms with E-state index in [4.69, 9.17) is 10.2 Å². The molecular weight excluding hydrogens is 200 g/mol. The number of benzene rings is 1. The van der Waals surface area contributed by atoms with E-state index in [9.17, 15) is 8.78 Å². The minimum atomic E-state index is -0.907. The van der Waals surface area contributed by atoms with Crippen molar-refractivity contribution in [3.8, 4) is 11.3 Å². The smallest absolute Gasteiger partial charge is 0.169 e. The molecule has 1 aromatic heterocycles. The average Bonchev–Trinajstić information content (AvgIpc) is 2.70. The number of furan rings is 1. The summed E-state index contributed by atoms with van der Waals surface area (Å²) in [5.74, 6) is -0.977. The molecule has 0 saturated carbocycles. The molecule has 1 aromatic carbocycles. The highest BCUT2D eigenvalue weighted by atomic mass is 19.2. The zero-order chi connectivity index (χ0) is 10.8. The fourth-order valence-corrected chi connectivity index (χ4v) is 1.33. The highest BCUT2D eigenvalue weighted by Crippen LogP contribution is 2.26. The van der Waals surface area contributed by atoms with Crippen molar-refractivity contribution in [2.24, 2.45) is 5.73 Å². The molecule has 0 aliphatic heterocycles. The molecule has 0 fully saturated rings. The Balaban J connectivity index is 2.49. The van der Waals surface area contributed by atoms with Crippen molar-refractivity contribution in [1.29, 1.82) is 0 Å². The van der Waals surface area contributed by atoms with Gasteiger partial charge in [0.1, 0.15) is 11.5 Å². The van der Waals surface area contributed by atoms with Gasteiger partial charge in [-0.05, 0) is 24.3 Å². The first-order valence-electron chi connectivity index (χ1n) is 4.45. The van der Waals surface area contributed by atoms with Crippen molar-refractivity contribution >= 4 is 0 Å². The van der Waals surface area contributed by atoms with Crippen molar-refractivity contribution in [2.45, 2.75) is 6.54 Å². The molecule has 2 rings (SSSR count). The van der Waals surface area contributed by atoms with E-state index in [2.05, 4.69) is 0 Å². The van der Waals surface area contributed by atoms with Crippen molar-refractivity contribution in [3.63, 3.8) is 0 Å². The van der Waals surface area contributed by atoms with E-state index in [-0.39, 0.29) is 17.9 Å². The monoisotopic (exact) mass is 209 g/mol. The summed E-state index contributed by atoms with van der Waals surface area (Å²) in [6, 6.07) is 7.15. The minimum absolute atomic E-state index is 0.106. The number of hydrogen-bond acceptors (Lipinski definition) is 2. The number of nitrogens with two attached hydrogens (primary N) is 1. The van der Waals surface area contributed by atoms with Crippen LogP contribution in [0.25, 0.3) is 11.3 Å². The molecule has 15 heavy (non-hydrogen) atoms. The normalized spacial score (nSPS) is 10.6. The highest BCUT2D eigenvalue weighted by molar-refractivity contribution is 5.58. The summed E-state index contributed by atoms with van der Waals surface area (Å²) in [4.78, 5) is 0. The van der Waals surface area contributed by atoms with Gasteiger partial charge in [0.15, 0.2) is 11.6 Å². The van der Waals surface area contributed by atoms with Crippen LogP contribution in [0.5, 0.6) is 0 Å². The minimum Gasteiger partial charge on any atom is -0.460 e. The quantitative estimate of drug-likeness (QED) is 0.825. The van der Waals surface area contributed by atoms with Gasteiger partial charge in [-0.3, -0.25) is 0 Å². The highest BCUT2D eigenvalue weighted by Gasteiger charge is 2.12. The topological polar surface area (TPSA) is 39.2 Å². The Kier molecular flexibility index (Phi) is 2.51. The summed E-state index contributed by atoms with van der Waals surface area (Å²) < 4.78 is 31.5. The fraction of sp³-hybridized carbons (Fsp3) is 0.0909. The average molecular weight is 209 g/mol. The lowest BCUT2D eigenvalue weighted by Gasteiger charge is -1.99. The Morgan fingerprint density at radius 2 is 1.93 bits per heavy atom. The van der Waals surface area contributed by atoms with E-state index in [1.54, 1.807) is 12.1 Å². The van der Waals surface area contributed by atoms with Crippen LogP contribution in [0.2, 0.25) is 0 Å². The van der Waals surface area contributed by atoms with Crippen LogP contribution in [-0.2, 0) is 6.54 Å². The Bertz CT molecular complexity index is 479. The van der Waals surface area contributed by atoms with E-state index in [1.807, 2.05) is 0 Å². The molecule has 0 aliphatic rings. The van der Waals surface area contributed by atoms with E-state index < -0.39 is 11.6 Å². The third-order valence-corrected chi connectivity index (χ3v) is 2.08. The van der Waals surface area contributed by atoms with Crippen molar-refractivity contribution in [1.82, 2.24) is 0 Å². The second-order valence-electron chi connectivity index (χ2n) is 3.07. The van der Waals surface area contributed by atoms with Gasteiger partial charge >= 0.3 is 0 Å². The Morgan fingerprint density at radius 3 is 2.60 bits per heavy atom. The van der Waals surface area contributed by atoms with Crippen LogP contribution < -0.4 is 5.73 Å². The molecule has 0 unspecified atom stereocenters. The summed E-state index contributed by atoms with van der Waals surface area (Å²) in [6.45, 7) is 0.233. The molecule has 0 saturated heterocycles. The predicted octanol–water partition coefficient (Wildman–Crippen LogP) is 2.68. The summed E-state index contributed by atoms with van der Waals surface area (Å²) >= 11 is 0. The number of hydrogen-bond donors (Lipinski definition) is 1. The van der Waals surface area contributed by atoms with Gasteiger partial charge in [0, 0.05) is 0 Å². The Morgan fingerprint density at radius 1 is 1.13 bits per heavy atom. The molecule has 0 spiro atoms. The van der Waals surface area contributed by atoms with Crippen LogP contribution in [-0.4, -0.2) is 0 Å². The van der Waals surface area contributed by atoms with Crippen LogP contribution >= 0.6 is 0 Å². The second kappa shape index (κ2) is 3.82. The third kappa shape index (κ3) is 1.76. The zero-order valence-corrected chi connectivity index (χ0v) is 7.84. The molecule has 2 N–H and O–H groups in total. The van der Waals surface area contributed by atoms with Gasteiger partial charge in [-0.2, -0.15) is 0 Å². The third-order valence-electron chi connectivity index (χ3n) is 2.08. The Hall–Kier alpha value is -1.68. The Labute approximate surface area is 85.3 Å². The van der Waals surface area contributed by atoms with Crippen LogP contribution in [0, 0.1) is 11.6 Å². The first-order valence-corrected chi connectivity index (χ1v) is 4.45. The molecule has 2 aromatic rings. The van der Waals surface area contributed by atoms with Crippen LogP contribution in [0.4, 0.5) is 8.78 Å². The van der Waals surface area contributed by atoms with Crippen LogP contribution in [0.15, 0.2) is 34.7 Å². The summed E-state index contributed by atoms with van der Waals surface area (Å²) in [5.41, 5.74) is 5.45. The maximum absolute atomic E-state index is 13.3. The molecule has 0 aliphatic carbocycles. The molecule has 2 nitrogen and oxygen atoms in total. The molecule has 78 valence electrons. The molecule has 0 amide bonds. The largest absolute Gasteiger partial charge is 0.460 e. The van der Waals surface area contributed by atoms with Gasteiger partial charge in [0.05, 0.1) is 12.1 Å². The zero-order valence-electron chi connectivity index (χ0n) is 7.84. The van der Waals surface area contributed by atoms with Crippen LogP contribution in [0.1, 0.15) is 5.76 Å². The number of halogens is 2. The standard InChI is InChI=1S/C11H9F2NO/c12-9-3-1-2-8(11(9)13)10-5-4-7(6-14)15-10/h1-5H,6,14H2. The molecule has 0 bridgehead atoms. The van der Waals surface area contributed by atoms with Crippen LogP contribution in [0.3, 0.4) is 0 Å². The summed E-state index contributed by atoms with van der Waals surface area (Å²) in [5, 5.41) is 0. The first-order chi connectivity index (χ1) is 7.22. The fourth-order valence-electron chi connectivity index (χ4n) is 1.33. The SMILES string of the molecule is NCc1ccc(-c2cccc(F)c2F)o1. The van der Waals surface area contributed by atoms with Gasteiger partial charge in [0.2, 0.25) is 0 Å². The van der Waals surface area contributed by atoms with E-state index >= 15 is 0 Å². The maximum atomic E-state index is 13.3. The maximum Gasteiger partial charge on any atom is 0.169 e. The van der Waals surface area contributed by atoms with Gasteiger partial charge in [-0.15, -0.1) is 0 Å². The molecule has 0 atom stereocenters. The molecule has 0 radical (unpaired) electrons. The molecule has 4 heteroatoms. The van der Waals surface area contributed by atoms with Gasteiger partial charge in [-0.25, -0.2) is 8.78 Å². The van der Waals surface area contributed by atoms with E-state index in [1.165, 1.54) is 12.1 Å². The first kappa shape index (κ1) is 9.86. The van der Waals surface area contributed by atoms with E-state index in [0.29, 0.717) is 5.76 Å². The molecule has 1 heterocycles. The molecular formula is C11H9F2NO. The van der Waals surface area contributed by atoms with Gasteiger partial charge in [0.25, 0.3) is 0 Å². The number of rotatable bonds is 2. The predicted molar refractivity (Wildman–Crippen MR) is 52.0 cm³/mol. The van der Waals surface area contributed by atoms with Gasteiger partial charge < -0.3 is 10.2 Å². The van der Waals surface area contributed by atoms with Gasteiger partial charge in [-0.1, -0.05) is 6.07 Å². The van der Waals surface area contributed by atoms with E-state index in [0.717, 1.165) is 6.07 Å². The lowest BCUT2D eigenvalue weighted by Crippen LogP contribution is -1.92. The summed E-state index contributed by atoms with van der Waals surface area (Å²) in [7, 11) is 0. The lowest BCUT2D eigenvalue weighted by atomic mass is 10.1. The van der Waals surface area contributed by atoms with Crippen molar-refractivity contribution < 1.29 is 13.2 Å². The van der Waals surface area contributed by atoms with Crippen molar-refractivity contribution in [3.05, 3.63) is 47.7 Å². The lowest BCUT2D eigenvalue weighted by molar-refractivity contribution is 0.495. The van der Waals surface area contributed by atoms with Crippen molar-refractivity contribution in [2.75, 3.05) is 0 Å².